The number of nitrogens with zero attached hydrogens (tertiary/aromatic N) is 4. The van der Waals surface area contributed by atoms with Crippen LogP contribution < -0.4 is 10.1 Å². The molecule has 1 aliphatic heterocycles. The Hall–Kier alpha value is -2.41. The van der Waals surface area contributed by atoms with E-state index in [-0.39, 0.29) is 12.0 Å². The van der Waals surface area contributed by atoms with Gasteiger partial charge in [-0.1, -0.05) is 12.1 Å². The molecule has 2 heterocycles. The molecule has 0 atom stereocenters. The van der Waals surface area contributed by atoms with E-state index in [0.29, 0.717) is 18.7 Å². The van der Waals surface area contributed by atoms with Crippen LogP contribution in [0.1, 0.15) is 43.4 Å². The zero-order valence-electron chi connectivity index (χ0n) is 15.7. The van der Waals surface area contributed by atoms with E-state index in [4.69, 9.17) is 4.74 Å². The van der Waals surface area contributed by atoms with Crippen LogP contribution in [0.15, 0.2) is 24.3 Å². The van der Waals surface area contributed by atoms with Gasteiger partial charge in [0.1, 0.15) is 5.75 Å². The van der Waals surface area contributed by atoms with Gasteiger partial charge in [0, 0.05) is 19.6 Å². The van der Waals surface area contributed by atoms with E-state index in [0.717, 1.165) is 43.2 Å². The Morgan fingerprint density at radius 2 is 2.00 bits per heavy atom. The van der Waals surface area contributed by atoms with Crippen molar-refractivity contribution in [3.63, 3.8) is 0 Å². The molecule has 1 N–H and O–H groups in total. The molecule has 1 aromatic heterocycles. The Kier molecular flexibility index (Phi) is 5.88. The van der Waals surface area contributed by atoms with Crippen molar-refractivity contribution < 1.29 is 9.53 Å². The summed E-state index contributed by atoms with van der Waals surface area (Å²) in [5.74, 6) is 0.784. The predicted molar refractivity (Wildman–Crippen MR) is 99.9 cm³/mol. The fourth-order valence-corrected chi connectivity index (χ4v) is 3.13. The zero-order valence-corrected chi connectivity index (χ0v) is 15.7. The maximum atomic E-state index is 12.9. The second-order valence-electron chi connectivity index (χ2n) is 6.71. The molecule has 0 aliphatic carbocycles. The summed E-state index contributed by atoms with van der Waals surface area (Å²) in [5.41, 5.74) is 2.17. The number of ether oxygens (including phenoxy) is 1. The van der Waals surface area contributed by atoms with E-state index in [1.807, 2.05) is 49.9 Å². The van der Waals surface area contributed by atoms with Crippen LogP contribution in [0.4, 0.5) is 0 Å². The monoisotopic (exact) mass is 357 g/mol. The Labute approximate surface area is 154 Å². The van der Waals surface area contributed by atoms with Crippen molar-refractivity contribution in [1.29, 1.82) is 0 Å². The van der Waals surface area contributed by atoms with Crippen LogP contribution in [-0.4, -0.2) is 58.1 Å². The molecule has 0 bridgehead atoms. The van der Waals surface area contributed by atoms with Crippen molar-refractivity contribution in [2.75, 3.05) is 26.2 Å². The highest BCUT2D eigenvalue weighted by atomic mass is 16.5. The van der Waals surface area contributed by atoms with Crippen LogP contribution in [0.2, 0.25) is 0 Å². The van der Waals surface area contributed by atoms with Crippen LogP contribution in [0.3, 0.4) is 0 Å². The van der Waals surface area contributed by atoms with Crippen molar-refractivity contribution in [3.05, 3.63) is 35.7 Å². The van der Waals surface area contributed by atoms with E-state index in [9.17, 15) is 4.79 Å². The third-order valence-electron chi connectivity index (χ3n) is 4.38. The summed E-state index contributed by atoms with van der Waals surface area (Å²) in [5, 5.41) is 11.8. The minimum atomic E-state index is -0.0310. The SMILES string of the molecule is CCc1c(C(=O)N2CCCNCC2)nnn1-c1ccc(OC(C)C)cc1. The molecular weight excluding hydrogens is 330 g/mol. The van der Waals surface area contributed by atoms with Crippen LogP contribution in [0.25, 0.3) is 5.69 Å². The lowest BCUT2D eigenvalue weighted by Gasteiger charge is -2.19. The predicted octanol–water partition coefficient (Wildman–Crippen LogP) is 2.05. The van der Waals surface area contributed by atoms with Gasteiger partial charge < -0.3 is 15.0 Å². The average Bonchev–Trinajstić information content (AvgIpc) is 2.87. The number of hydrogen-bond donors (Lipinski definition) is 1. The van der Waals surface area contributed by atoms with Gasteiger partial charge in [-0.3, -0.25) is 4.79 Å². The lowest BCUT2D eigenvalue weighted by molar-refractivity contribution is 0.0759. The number of rotatable bonds is 5. The first-order valence-electron chi connectivity index (χ1n) is 9.31. The van der Waals surface area contributed by atoms with Crippen LogP contribution in [-0.2, 0) is 6.42 Å². The molecule has 0 spiro atoms. The van der Waals surface area contributed by atoms with Crippen LogP contribution >= 0.6 is 0 Å². The topological polar surface area (TPSA) is 72.3 Å². The van der Waals surface area contributed by atoms with Crippen LogP contribution in [0, 0.1) is 0 Å². The van der Waals surface area contributed by atoms with Crippen molar-refractivity contribution in [2.24, 2.45) is 0 Å². The van der Waals surface area contributed by atoms with E-state index >= 15 is 0 Å². The molecule has 0 unspecified atom stereocenters. The fourth-order valence-electron chi connectivity index (χ4n) is 3.13. The summed E-state index contributed by atoms with van der Waals surface area (Å²) in [4.78, 5) is 14.8. The molecule has 7 heteroatoms. The van der Waals surface area contributed by atoms with Crippen molar-refractivity contribution in [2.45, 2.75) is 39.7 Å². The molecule has 140 valence electrons. The highest BCUT2D eigenvalue weighted by Gasteiger charge is 2.24. The summed E-state index contributed by atoms with van der Waals surface area (Å²) in [6, 6.07) is 7.71. The smallest absolute Gasteiger partial charge is 0.276 e. The number of amides is 1. The fraction of sp³-hybridized carbons (Fsp3) is 0.526. The number of benzene rings is 1. The Morgan fingerprint density at radius 3 is 2.69 bits per heavy atom. The molecule has 1 saturated heterocycles. The largest absolute Gasteiger partial charge is 0.491 e. The summed E-state index contributed by atoms with van der Waals surface area (Å²) in [7, 11) is 0. The second kappa shape index (κ2) is 8.31. The number of hydrogen-bond acceptors (Lipinski definition) is 5. The zero-order chi connectivity index (χ0) is 18.5. The summed E-state index contributed by atoms with van der Waals surface area (Å²) < 4.78 is 7.44. The lowest BCUT2D eigenvalue weighted by atomic mass is 10.2. The first-order chi connectivity index (χ1) is 12.6. The van der Waals surface area contributed by atoms with Gasteiger partial charge in [-0.05, 0) is 57.5 Å². The molecule has 0 radical (unpaired) electrons. The van der Waals surface area contributed by atoms with Crippen LogP contribution in [0.5, 0.6) is 5.75 Å². The number of carbonyl (C=O) groups excluding carboxylic acids is 1. The number of nitrogens with one attached hydrogen (secondary N) is 1. The molecule has 7 nitrogen and oxygen atoms in total. The Bertz CT molecular complexity index is 731. The highest BCUT2D eigenvalue weighted by Crippen LogP contribution is 2.19. The average molecular weight is 357 g/mol. The van der Waals surface area contributed by atoms with Gasteiger partial charge in [-0.2, -0.15) is 0 Å². The molecule has 3 rings (SSSR count). The first kappa shape index (κ1) is 18.4. The van der Waals surface area contributed by atoms with Crippen molar-refractivity contribution in [1.82, 2.24) is 25.2 Å². The normalized spacial score (nSPS) is 15.2. The van der Waals surface area contributed by atoms with Gasteiger partial charge in [0.15, 0.2) is 5.69 Å². The Morgan fingerprint density at radius 1 is 1.23 bits per heavy atom. The molecule has 1 aromatic carbocycles. The molecule has 0 saturated carbocycles. The minimum absolute atomic E-state index is 0.0310. The molecule has 1 amide bonds. The highest BCUT2D eigenvalue weighted by molar-refractivity contribution is 5.93. The van der Waals surface area contributed by atoms with Gasteiger partial charge in [0.25, 0.3) is 5.91 Å². The molecular formula is C19H27N5O2. The lowest BCUT2D eigenvalue weighted by Crippen LogP contribution is -2.35. The standard InChI is InChI=1S/C19H27N5O2/c1-4-17-18(19(25)23-12-5-10-20-11-13-23)21-22-24(17)15-6-8-16(9-7-15)26-14(2)3/h6-9,14,20H,4-5,10-13H2,1-3H3. The van der Waals surface area contributed by atoms with Gasteiger partial charge in [0.05, 0.1) is 17.5 Å². The number of aromatic nitrogens is 3. The number of carbonyl (C=O) groups is 1. The van der Waals surface area contributed by atoms with Gasteiger partial charge in [0.2, 0.25) is 0 Å². The summed E-state index contributed by atoms with van der Waals surface area (Å²) >= 11 is 0. The van der Waals surface area contributed by atoms with Gasteiger partial charge >= 0.3 is 0 Å². The summed E-state index contributed by atoms with van der Waals surface area (Å²) in [6.07, 6.45) is 1.77. The second-order valence-corrected chi connectivity index (χ2v) is 6.71. The third kappa shape index (κ3) is 4.04. The minimum Gasteiger partial charge on any atom is -0.491 e. The van der Waals surface area contributed by atoms with Gasteiger partial charge in [-0.25, -0.2) is 4.68 Å². The van der Waals surface area contributed by atoms with E-state index < -0.39 is 0 Å². The maximum absolute atomic E-state index is 12.9. The van der Waals surface area contributed by atoms with E-state index in [1.165, 1.54) is 0 Å². The first-order valence-corrected chi connectivity index (χ1v) is 9.31. The quantitative estimate of drug-likeness (QED) is 0.887. The molecule has 1 aliphatic rings. The summed E-state index contributed by atoms with van der Waals surface area (Å²) in [6.45, 7) is 9.24. The molecule has 1 fully saturated rings. The van der Waals surface area contributed by atoms with Gasteiger partial charge in [-0.15, -0.1) is 5.10 Å². The molecule has 2 aromatic rings. The van der Waals surface area contributed by atoms with E-state index in [2.05, 4.69) is 15.6 Å². The maximum Gasteiger partial charge on any atom is 0.276 e. The van der Waals surface area contributed by atoms with Crippen molar-refractivity contribution >= 4 is 5.91 Å². The third-order valence-corrected chi connectivity index (χ3v) is 4.38. The molecule has 26 heavy (non-hydrogen) atoms. The Balaban J connectivity index is 1.84. The van der Waals surface area contributed by atoms with E-state index in [1.54, 1.807) is 4.68 Å². The van der Waals surface area contributed by atoms with Crippen molar-refractivity contribution in [3.8, 4) is 11.4 Å².